The van der Waals surface area contributed by atoms with Gasteiger partial charge in [0, 0.05) is 3.57 Å². The Kier molecular flexibility index (Phi) is 4.12. The van der Waals surface area contributed by atoms with E-state index in [9.17, 15) is 9.18 Å². The summed E-state index contributed by atoms with van der Waals surface area (Å²) < 4.78 is 14.2. The van der Waals surface area contributed by atoms with Gasteiger partial charge in [0.1, 0.15) is 17.4 Å². The highest BCUT2D eigenvalue weighted by molar-refractivity contribution is 14.1. The lowest BCUT2D eigenvalue weighted by Gasteiger charge is -2.08. The Bertz CT molecular complexity index is 679. The van der Waals surface area contributed by atoms with Crippen molar-refractivity contribution in [1.82, 2.24) is 0 Å². The van der Waals surface area contributed by atoms with E-state index in [1.807, 2.05) is 28.7 Å². The average molecular weight is 366 g/mol. The van der Waals surface area contributed by atoms with Crippen LogP contribution in [-0.4, -0.2) is 5.91 Å². The SMILES string of the molecule is N#Cc1c(F)cccc1NC(=O)c1ccccc1I. The van der Waals surface area contributed by atoms with Gasteiger partial charge in [-0.05, 0) is 46.9 Å². The largest absolute Gasteiger partial charge is 0.321 e. The second-order valence-corrected chi connectivity index (χ2v) is 4.87. The van der Waals surface area contributed by atoms with Crippen LogP contribution in [0.15, 0.2) is 42.5 Å². The fourth-order valence-electron chi connectivity index (χ4n) is 1.58. The molecule has 0 saturated heterocycles. The number of benzene rings is 2. The normalized spacial score (nSPS) is 9.74. The molecule has 0 aliphatic rings. The van der Waals surface area contributed by atoms with Crippen molar-refractivity contribution in [1.29, 1.82) is 5.26 Å². The summed E-state index contributed by atoms with van der Waals surface area (Å²) in [5.74, 6) is -1.02. The van der Waals surface area contributed by atoms with Gasteiger partial charge in [0.15, 0.2) is 0 Å². The minimum Gasteiger partial charge on any atom is -0.321 e. The maximum Gasteiger partial charge on any atom is 0.256 e. The Morgan fingerprint density at radius 2 is 1.95 bits per heavy atom. The van der Waals surface area contributed by atoms with Gasteiger partial charge >= 0.3 is 0 Å². The van der Waals surface area contributed by atoms with Gasteiger partial charge in [0.25, 0.3) is 5.91 Å². The summed E-state index contributed by atoms with van der Waals surface area (Å²) in [6.45, 7) is 0. The summed E-state index contributed by atoms with van der Waals surface area (Å²) in [4.78, 5) is 12.1. The van der Waals surface area contributed by atoms with Crippen LogP contribution >= 0.6 is 22.6 Å². The molecular weight excluding hydrogens is 358 g/mol. The van der Waals surface area contributed by atoms with Crippen LogP contribution in [-0.2, 0) is 0 Å². The van der Waals surface area contributed by atoms with Crippen molar-refractivity contribution >= 4 is 34.2 Å². The highest BCUT2D eigenvalue weighted by Crippen LogP contribution is 2.20. The molecule has 19 heavy (non-hydrogen) atoms. The Morgan fingerprint density at radius 3 is 2.63 bits per heavy atom. The monoisotopic (exact) mass is 366 g/mol. The first-order chi connectivity index (χ1) is 9.13. The predicted molar refractivity (Wildman–Crippen MR) is 78.2 cm³/mol. The molecule has 0 spiro atoms. The molecule has 0 radical (unpaired) electrons. The molecule has 0 bridgehead atoms. The Labute approximate surface area is 123 Å². The van der Waals surface area contributed by atoms with Crippen LogP contribution in [0.3, 0.4) is 0 Å². The van der Waals surface area contributed by atoms with Gasteiger partial charge in [-0.2, -0.15) is 5.26 Å². The number of amides is 1. The molecule has 2 aromatic carbocycles. The van der Waals surface area contributed by atoms with E-state index >= 15 is 0 Å². The van der Waals surface area contributed by atoms with Gasteiger partial charge in [-0.3, -0.25) is 4.79 Å². The van der Waals surface area contributed by atoms with Gasteiger partial charge in [-0.25, -0.2) is 4.39 Å². The molecule has 94 valence electrons. The number of carbonyl (C=O) groups is 1. The molecule has 0 saturated carbocycles. The Morgan fingerprint density at radius 1 is 1.21 bits per heavy atom. The maximum atomic E-state index is 13.4. The van der Waals surface area contributed by atoms with Gasteiger partial charge in [-0.15, -0.1) is 0 Å². The molecule has 0 fully saturated rings. The lowest BCUT2D eigenvalue weighted by Crippen LogP contribution is -2.14. The second kappa shape index (κ2) is 5.80. The fourth-order valence-corrected chi connectivity index (χ4v) is 2.21. The van der Waals surface area contributed by atoms with E-state index in [0.717, 1.165) is 3.57 Å². The van der Waals surface area contributed by atoms with E-state index in [0.29, 0.717) is 5.56 Å². The predicted octanol–water partition coefficient (Wildman–Crippen LogP) is 3.55. The molecular formula is C14H8FIN2O. The molecule has 1 N–H and O–H groups in total. The van der Waals surface area contributed by atoms with Crippen LogP contribution in [0.2, 0.25) is 0 Å². The number of halogens is 2. The molecule has 0 unspecified atom stereocenters. The molecule has 0 aromatic heterocycles. The average Bonchev–Trinajstić information content (AvgIpc) is 2.39. The topological polar surface area (TPSA) is 52.9 Å². The minimum atomic E-state index is -0.650. The summed E-state index contributed by atoms with van der Waals surface area (Å²) in [5.41, 5.74) is 0.491. The summed E-state index contributed by atoms with van der Waals surface area (Å²) in [6.07, 6.45) is 0. The molecule has 0 atom stereocenters. The maximum absolute atomic E-state index is 13.4. The highest BCUT2D eigenvalue weighted by Gasteiger charge is 2.13. The van der Waals surface area contributed by atoms with E-state index in [2.05, 4.69) is 5.32 Å². The van der Waals surface area contributed by atoms with Crippen LogP contribution in [0.25, 0.3) is 0 Å². The summed E-state index contributed by atoms with van der Waals surface area (Å²) in [6, 6.07) is 12.9. The number of hydrogen-bond donors (Lipinski definition) is 1. The van der Waals surface area contributed by atoms with Gasteiger partial charge < -0.3 is 5.32 Å². The number of anilines is 1. The molecule has 2 aromatic rings. The minimum absolute atomic E-state index is 0.165. The first kappa shape index (κ1) is 13.5. The molecule has 0 heterocycles. The quantitative estimate of drug-likeness (QED) is 0.827. The van der Waals surface area contributed by atoms with Crippen LogP contribution in [0.4, 0.5) is 10.1 Å². The fraction of sp³-hybridized carbons (Fsp3) is 0. The van der Waals surface area contributed by atoms with Crippen molar-refractivity contribution in [3.05, 3.63) is 63.0 Å². The van der Waals surface area contributed by atoms with Crippen LogP contribution < -0.4 is 5.32 Å². The lowest BCUT2D eigenvalue weighted by atomic mass is 10.1. The molecule has 1 amide bonds. The molecule has 5 heteroatoms. The molecule has 2 rings (SSSR count). The number of nitriles is 1. The first-order valence-corrected chi connectivity index (χ1v) is 6.46. The third-order valence-electron chi connectivity index (χ3n) is 2.49. The zero-order chi connectivity index (χ0) is 13.8. The molecule has 0 aliphatic carbocycles. The number of nitrogens with one attached hydrogen (secondary N) is 1. The van der Waals surface area contributed by atoms with Crippen LogP contribution in [0.5, 0.6) is 0 Å². The van der Waals surface area contributed by atoms with Crippen molar-refractivity contribution in [2.75, 3.05) is 5.32 Å². The third-order valence-corrected chi connectivity index (χ3v) is 3.43. The van der Waals surface area contributed by atoms with Crippen molar-refractivity contribution in [2.24, 2.45) is 0 Å². The standard InChI is InChI=1S/C14H8FIN2O/c15-11-5-3-7-13(10(11)8-17)18-14(19)9-4-1-2-6-12(9)16/h1-7H,(H,18,19). The van der Waals surface area contributed by atoms with Crippen molar-refractivity contribution in [3.63, 3.8) is 0 Å². The Balaban J connectivity index is 2.33. The lowest BCUT2D eigenvalue weighted by molar-refractivity contribution is 0.102. The smallest absolute Gasteiger partial charge is 0.256 e. The van der Waals surface area contributed by atoms with Crippen LogP contribution in [0, 0.1) is 20.7 Å². The zero-order valence-corrected chi connectivity index (χ0v) is 11.8. The van der Waals surface area contributed by atoms with Crippen LogP contribution in [0.1, 0.15) is 15.9 Å². The number of nitrogens with zero attached hydrogens (tertiary/aromatic N) is 1. The van der Waals surface area contributed by atoms with E-state index in [-0.39, 0.29) is 17.2 Å². The van der Waals surface area contributed by atoms with E-state index < -0.39 is 5.82 Å². The first-order valence-electron chi connectivity index (χ1n) is 5.38. The number of rotatable bonds is 2. The highest BCUT2D eigenvalue weighted by atomic mass is 127. The summed E-state index contributed by atoms with van der Waals surface area (Å²) >= 11 is 2.04. The summed E-state index contributed by atoms with van der Waals surface area (Å²) in [5, 5.41) is 11.4. The van der Waals surface area contributed by atoms with Crippen molar-refractivity contribution in [3.8, 4) is 6.07 Å². The second-order valence-electron chi connectivity index (χ2n) is 3.71. The summed E-state index contributed by atoms with van der Waals surface area (Å²) in [7, 11) is 0. The molecule has 3 nitrogen and oxygen atoms in total. The Hall–Kier alpha value is -1.94. The van der Waals surface area contributed by atoms with E-state index in [4.69, 9.17) is 5.26 Å². The number of carbonyl (C=O) groups excluding carboxylic acids is 1. The van der Waals surface area contributed by atoms with E-state index in [1.165, 1.54) is 18.2 Å². The molecule has 0 aliphatic heterocycles. The van der Waals surface area contributed by atoms with Gasteiger partial charge in [0.05, 0.1) is 11.3 Å². The number of hydrogen-bond acceptors (Lipinski definition) is 2. The zero-order valence-electron chi connectivity index (χ0n) is 9.65. The van der Waals surface area contributed by atoms with Crippen molar-refractivity contribution in [2.45, 2.75) is 0 Å². The van der Waals surface area contributed by atoms with Crippen molar-refractivity contribution < 1.29 is 9.18 Å². The van der Waals surface area contributed by atoms with Gasteiger partial charge in [0.2, 0.25) is 0 Å². The van der Waals surface area contributed by atoms with E-state index in [1.54, 1.807) is 24.3 Å². The third kappa shape index (κ3) is 2.90. The van der Waals surface area contributed by atoms with Gasteiger partial charge in [-0.1, -0.05) is 18.2 Å².